The van der Waals surface area contributed by atoms with E-state index in [4.69, 9.17) is 14.7 Å². The molecule has 4 atom stereocenters. The largest absolute Gasteiger partial charge is 0.381 e. The molecule has 2 aliphatic rings. The smallest absolute Gasteiger partial charge is 0.245 e. The van der Waals surface area contributed by atoms with Gasteiger partial charge >= 0.3 is 0 Å². The van der Waals surface area contributed by atoms with Gasteiger partial charge in [-0.05, 0) is 48.8 Å². The van der Waals surface area contributed by atoms with Gasteiger partial charge in [-0.3, -0.25) is 10.0 Å². The molecule has 3 rings (SSSR count). The van der Waals surface area contributed by atoms with Crippen LogP contribution < -0.4 is 0 Å². The Morgan fingerprint density at radius 2 is 1.96 bits per heavy atom. The fourth-order valence-electron chi connectivity index (χ4n) is 4.20. The van der Waals surface area contributed by atoms with Crippen molar-refractivity contribution < 1.29 is 19.5 Å². The number of carbonyl (C=O) groups is 1. The minimum atomic E-state index is -0.268. The van der Waals surface area contributed by atoms with Crippen molar-refractivity contribution in [3.8, 4) is 0 Å². The summed E-state index contributed by atoms with van der Waals surface area (Å²) in [5.41, 5.74) is 1.38. The maximum Gasteiger partial charge on any atom is 0.245 e. The molecule has 0 saturated carbocycles. The van der Waals surface area contributed by atoms with Crippen molar-refractivity contribution in [3.63, 3.8) is 0 Å². The van der Waals surface area contributed by atoms with Crippen LogP contribution in [0.5, 0.6) is 0 Å². The number of hydrogen-bond acceptors (Lipinski definition) is 5. The average molecular weight is 394 g/mol. The first kappa shape index (κ1) is 20.6. The Morgan fingerprint density at radius 1 is 1.22 bits per heavy atom. The Morgan fingerprint density at radius 3 is 2.70 bits per heavy atom. The number of benzene rings is 1. The number of fused-ring (bicyclic) bond motifs is 2. The highest BCUT2D eigenvalue weighted by atomic mass is 32.2. The zero-order valence-electron chi connectivity index (χ0n) is 16.1. The highest BCUT2D eigenvalue weighted by Gasteiger charge is 2.48. The Labute approximate surface area is 166 Å². The monoisotopic (exact) mass is 393 g/mol. The summed E-state index contributed by atoms with van der Waals surface area (Å²) >= 11 is 2.01. The first-order chi connectivity index (χ1) is 13.1. The molecule has 150 valence electrons. The molecule has 0 radical (unpaired) electrons. The maximum atomic E-state index is 11.3. The van der Waals surface area contributed by atoms with Crippen LogP contribution in [0.15, 0.2) is 30.3 Å². The standard InChI is InChI=1S/C21H31NO4S/c1-22(24)21(23)8-5-12-25-13-11-17-18(20-10-9-19(17)26-20)15-27-14-16-6-3-2-4-7-16/h2-4,6-7,17-20,24H,5,8-15H2,1H3. The minimum absolute atomic E-state index is 0.268. The highest BCUT2D eigenvalue weighted by Crippen LogP contribution is 2.46. The quantitative estimate of drug-likeness (QED) is 0.352. The lowest BCUT2D eigenvalue weighted by Gasteiger charge is -2.27. The predicted octanol–water partition coefficient (Wildman–Crippen LogP) is 3.75. The van der Waals surface area contributed by atoms with Gasteiger partial charge in [0.05, 0.1) is 12.2 Å². The van der Waals surface area contributed by atoms with Gasteiger partial charge in [-0.1, -0.05) is 30.3 Å². The van der Waals surface area contributed by atoms with Crippen LogP contribution in [0.1, 0.15) is 37.7 Å². The van der Waals surface area contributed by atoms with Crippen molar-refractivity contribution in [3.05, 3.63) is 35.9 Å². The molecule has 2 saturated heterocycles. The first-order valence-corrected chi connectivity index (χ1v) is 11.1. The van der Waals surface area contributed by atoms with E-state index in [2.05, 4.69) is 30.3 Å². The highest BCUT2D eigenvalue weighted by molar-refractivity contribution is 7.98. The number of rotatable bonds is 11. The molecule has 1 aromatic rings. The van der Waals surface area contributed by atoms with E-state index in [9.17, 15) is 4.79 Å². The van der Waals surface area contributed by atoms with E-state index in [0.29, 0.717) is 48.6 Å². The van der Waals surface area contributed by atoms with Crippen LogP contribution >= 0.6 is 11.8 Å². The zero-order chi connectivity index (χ0) is 19.1. The van der Waals surface area contributed by atoms with E-state index in [1.807, 2.05) is 11.8 Å². The molecule has 6 heteroatoms. The topological polar surface area (TPSA) is 59.0 Å². The molecule has 2 aliphatic heterocycles. The van der Waals surface area contributed by atoms with Crippen LogP contribution in [0.3, 0.4) is 0 Å². The van der Waals surface area contributed by atoms with Crippen LogP contribution in [0.2, 0.25) is 0 Å². The van der Waals surface area contributed by atoms with E-state index in [1.54, 1.807) is 0 Å². The van der Waals surface area contributed by atoms with Crippen LogP contribution in [0, 0.1) is 11.8 Å². The Hall–Kier alpha value is -1.08. The summed E-state index contributed by atoms with van der Waals surface area (Å²) in [6.07, 6.45) is 5.23. The molecule has 2 heterocycles. The molecule has 1 aromatic carbocycles. The number of hydrogen-bond donors (Lipinski definition) is 1. The summed E-state index contributed by atoms with van der Waals surface area (Å²) < 4.78 is 11.9. The van der Waals surface area contributed by atoms with Crippen molar-refractivity contribution in [1.82, 2.24) is 5.06 Å². The molecule has 27 heavy (non-hydrogen) atoms. The van der Waals surface area contributed by atoms with Gasteiger partial charge in [0, 0.05) is 32.4 Å². The van der Waals surface area contributed by atoms with E-state index >= 15 is 0 Å². The molecule has 0 aliphatic carbocycles. The second-order valence-corrected chi connectivity index (χ2v) is 8.57. The van der Waals surface area contributed by atoms with Crippen LogP contribution in [-0.2, 0) is 20.0 Å². The average Bonchev–Trinajstić information content (AvgIpc) is 3.27. The second kappa shape index (κ2) is 10.5. The number of nitrogens with zero attached hydrogens (tertiary/aromatic N) is 1. The van der Waals surface area contributed by atoms with Crippen molar-refractivity contribution in [2.45, 2.75) is 50.1 Å². The van der Waals surface area contributed by atoms with Gasteiger partial charge in [0.25, 0.3) is 0 Å². The van der Waals surface area contributed by atoms with Crippen molar-refractivity contribution in [1.29, 1.82) is 0 Å². The summed E-state index contributed by atoms with van der Waals surface area (Å²) in [5, 5.41) is 9.67. The van der Waals surface area contributed by atoms with Gasteiger partial charge in [0.1, 0.15) is 0 Å². The van der Waals surface area contributed by atoms with Gasteiger partial charge in [0.15, 0.2) is 0 Å². The normalized spacial score (nSPS) is 26.4. The molecule has 5 nitrogen and oxygen atoms in total. The third-order valence-corrected chi connectivity index (χ3v) is 6.81. The Balaban J connectivity index is 1.35. The summed E-state index contributed by atoms with van der Waals surface area (Å²) in [7, 11) is 1.36. The molecule has 1 N–H and O–H groups in total. The number of ether oxygens (including phenoxy) is 2. The molecular weight excluding hydrogens is 362 g/mol. The summed E-state index contributed by atoms with van der Waals surface area (Å²) in [6, 6.07) is 10.6. The fraction of sp³-hybridized carbons (Fsp3) is 0.667. The minimum Gasteiger partial charge on any atom is -0.381 e. The molecule has 2 bridgehead atoms. The van der Waals surface area contributed by atoms with E-state index in [1.165, 1.54) is 25.5 Å². The first-order valence-electron chi connectivity index (χ1n) is 9.95. The van der Waals surface area contributed by atoms with Gasteiger partial charge in [-0.15, -0.1) is 0 Å². The lowest BCUT2D eigenvalue weighted by Crippen LogP contribution is -2.30. The fourth-order valence-corrected chi connectivity index (χ4v) is 5.48. The molecule has 0 aromatic heterocycles. The molecule has 2 fully saturated rings. The van der Waals surface area contributed by atoms with Crippen LogP contribution in [0.25, 0.3) is 0 Å². The van der Waals surface area contributed by atoms with Gasteiger partial charge in [-0.2, -0.15) is 11.8 Å². The lowest BCUT2D eigenvalue weighted by atomic mass is 9.79. The van der Waals surface area contributed by atoms with Gasteiger partial charge in [0.2, 0.25) is 5.91 Å². The van der Waals surface area contributed by atoms with E-state index in [-0.39, 0.29) is 5.91 Å². The predicted molar refractivity (Wildman–Crippen MR) is 107 cm³/mol. The van der Waals surface area contributed by atoms with Crippen LogP contribution in [-0.4, -0.2) is 54.4 Å². The summed E-state index contributed by atoms with van der Waals surface area (Å²) in [6.45, 7) is 1.29. The van der Waals surface area contributed by atoms with Crippen molar-refractivity contribution in [2.75, 3.05) is 26.0 Å². The second-order valence-electron chi connectivity index (χ2n) is 7.54. The Bertz CT molecular complexity index is 583. The third-order valence-electron chi connectivity index (χ3n) is 5.65. The van der Waals surface area contributed by atoms with Crippen molar-refractivity contribution >= 4 is 17.7 Å². The van der Waals surface area contributed by atoms with Crippen molar-refractivity contribution in [2.24, 2.45) is 11.8 Å². The van der Waals surface area contributed by atoms with E-state index < -0.39 is 0 Å². The zero-order valence-corrected chi connectivity index (χ0v) is 16.9. The van der Waals surface area contributed by atoms with E-state index in [0.717, 1.165) is 24.5 Å². The third kappa shape index (κ3) is 5.95. The lowest BCUT2D eigenvalue weighted by molar-refractivity contribution is -0.159. The SMILES string of the molecule is CN(O)C(=O)CCCOCCC1C2CCC(O2)C1CSCc1ccccc1. The number of carbonyl (C=O) groups excluding carboxylic acids is 1. The molecule has 4 unspecified atom stereocenters. The molecular formula is C21H31NO4S. The summed E-state index contributed by atoms with van der Waals surface area (Å²) in [4.78, 5) is 11.3. The summed E-state index contributed by atoms with van der Waals surface area (Å²) in [5.74, 6) is 3.17. The van der Waals surface area contributed by atoms with Crippen LogP contribution in [0.4, 0.5) is 0 Å². The Kier molecular flexibility index (Phi) is 8.00. The maximum absolute atomic E-state index is 11.3. The number of thioether (sulfide) groups is 1. The molecule has 1 amide bonds. The number of amides is 1. The molecule has 0 spiro atoms. The van der Waals surface area contributed by atoms with Gasteiger partial charge in [-0.25, -0.2) is 5.06 Å². The van der Waals surface area contributed by atoms with Gasteiger partial charge < -0.3 is 9.47 Å². The number of hydroxylamine groups is 2.